The van der Waals surface area contributed by atoms with Crippen LogP contribution in [0.4, 0.5) is 5.69 Å². The van der Waals surface area contributed by atoms with Gasteiger partial charge in [0.15, 0.2) is 11.5 Å². The van der Waals surface area contributed by atoms with Crippen molar-refractivity contribution >= 4 is 38.4 Å². The third kappa shape index (κ3) is 6.02. The molecular formula is C13H20N4O8S2. The second kappa shape index (κ2) is 9.29. The summed E-state index contributed by atoms with van der Waals surface area (Å²) in [5.41, 5.74) is 6.01. The van der Waals surface area contributed by atoms with Gasteiger partial charge in [-0.15, -0.1) is 4.47 Å². The highest BCUT2D eigenvalue weighted by Gasteiger charge is 2.22. The minimum absolute atomic E-state index is 0.0354. The molecule has 0 saturated carbocycles. The molecule has 1 aromatic heterocycles. The van der Waals surface area contributed by atoms with Crippen molar-refractivity contribution in [3.8, 4) is 5.88 Å². The largest absolute Gasteiger partial charge is 0.494 e. The second-order valence-electron chi connectivity index (χ2n) is 5.29. The molecule has 0 saturated heterocycles. The molecule has 0 bridgehead atoms. The number of pyridine rings is 1. The highest BCUT2D eigenvalue weighted by Crippen LogP contribution is 2.27. The number of aromatic hydroxyl groups is 1. The smallest absolute Gasteiger partial charge is 0.397 e. The first-order valence-corrected chi connectivity index (χ1v) is 10.2. The molecule has 12 nitrogen and oxygen atoms in total. The fourth-order valence-electron chi connectivity index (χ4n) is 2.22. The monoisotopic (exact) mass is 424 g/mol. The van der Waals surface area contributed by atoms with Gasteiger partial charge in [0.25, 0.3) is 5.56 Å². The fourth-order valence-corrected chi connectivity index (χ4v) is 3.44. The van der Waals surface area contributed by atoms with Gasteiger partial charge >= 0.3 is 10.4 Å². The molecule has 0 aliphatic rings. The average molecular weight is 424 g/mol. The fraction of sp³-hybridized carbons (Fsp3) is 0.462. The molecule has 0 radical (unpaired) electrons. The number of nitrogens with one attached hydrogen (secondary N) is 1. The third-order valence-electron chi connectivity index (χ3n) is 3.48. The Morgan fingerprint density at radius 3 is 2.56 bits per heavy atom. The van der Waals surface area contributed by atoms with Gasteiger partial charge in [-0.05, 0) is 19.4 Å². The first-order valence-electron chi connectivity index (χ1n) is 7.34. The van der Waals surface area contributed by atoms with E-state index in [2.05, 4.69) is 15.2 Å². The van der Waals surface area contributed by atoms with Crippen LogP contribution in [0.3, 0.4) is 0 Å². The van der Waals surface area contributed by atoms with Gasteiger partial charge in [0, 0.05) is 12.3 Å². The molecule has 1 rings (SSSR count). The number of nitrogens with zero attached hydrogens (tertiary/aromatic N) is 3. The minimum Gasteiger partial charge on any atom is -0.494 e. The summed E-state index contributed by atoms with van der Waals surface area (Å²) in [4.78, 5) is 24.1. The number of Topliss-reactive ketones (excluding diaryl/α,β-unsaturated/α-hetero) is 1. The number of ketones is 1. The molecule has 1 atom stereocenters. The van der Waals surface area contributed by atoms with E-state index in [0.29, 0.717) is 4.47 Å². The topological polar surface area (TPSA) is 183 Å². The molecule has 27 heavy (non-hydrogen) atoms. The molecule has 4 N–H and O–H groups in total. The summed E-state index contributed by atoms with van der Waals surface area (Å²) < 4.78 is 34.9. The second-order valence-corrected chi connectivity index (χ2v) is 8.13. The van der Waals surface area contributed by atoms with Crippen LogP contribution in [0.1, 0.15) is 22.8 Å². The van der Waals surface area contributed by atoms with E-state index in [1.807, 2.05) is 0 Å². The molecule has 152 valence electrons. The Kier molecular flexibility index (Phi) is 7.94. The molecule has 1 unspecified atom stereocenters. The van der Waals surface area contributed by atoms with Crippen molar-refractivity contribution in [1.82, 2.24) is 9.04 Å². The van der Waals surface area contributed by atoms with Crippen molar-refractivity contribution < 1.29 is 32.3 Å². The maximum absolute atomic E-state index is 12.4. The molecule has 0 aliphatic heterocycles. The van der Waals surface area contributed by atoms with Crippen LogP contribution in [0.15, 0.2) is 9.91 Å². The maximum atomic E-state index is 12.4. The van der Waals surface area contributed by atoms with Gasteiger partial charge < -0.3 is 10.3 Å². The van der Waals surface area contributed by atoms with Crippen LogP contribution in [0.2, 0.25) is 0 Å². The van der Waals surface area contributed by atoms with E-state index in [1.54, 1.807) is 0 Å². The van der Waals surface area contributed by atoms with E-state index < -0.39 is 44.9 Å². The Hall–Kier alpha value is -1.97. The van der Waals surface area contributed by atoms with Crippen LogP contribution < -0.4 is 5.56 Å². The van der Waals surface area contributed by atoms with Crippen molar-refractivity contribution in [2.75, 3.05) is 18.9 Å². The van der Waals surface area contributed by atoms with Crippen molar-refractivity contribution in [2.24, 2.45) is 5.11 Å². The van der Waals surface area contributed by atoms with Crippen LogP contribution in [0, 0.1) is 12.5 Å². The zero-order chi connectivity index (χ0) is 20.9. The third-order valence-corrected chi connectivity index (χ3v) is 5.38. The maximum Gasteiger partial charge on any atom is 0.397 e. The van der Waals surface area contributed by atoms with Gasteiger partial charge in [-0.1, -0.05) is 16.5 Å². The zero-order valence-corrected chi connectivity index (χ0v) is 16.2. The number of hydroxylamine groups is 1. The number of rotatable bonds is 10. The summed E-state index contributed by atoms with van der Waals surface area (Å²) in [5, 5.41) is 23.2. The molecular weight excluding hydrogens is 404 g/mol. The van der Waals surface area contributed by atoms with E-state index in [1.165, 1.54) is 13.8 Å². The Bertz CT molecular complexity index is 925. The summed E-state index contributed by atoms with van der Waals surface area (Å²) in [6.07, 6.45) is 0. The SMILES string of the molecule is C=S(CCn1c(O)c(C(C)=O)c(C)c(N=N)c1=O)N(O)CCOS(=O)(=O)O. The minimum atomic E-state index is -4.63. The average Bonchev–Trinajstić information content (AvgIpc) is 2.53. The van der Waals surface area contributed by atoms with Gasteiger partial charge in [-0.3, -0.25) is 18.7 Å². The predicted octanol–water partition coefficient (Wildman–Crippen LogP) is 0.854. The summed E-state index contributed by atoms with van der Waals surface area (Å²) in [6.45, 7) is 1.61. The molecule has 0 spiro atoms. The van der Waals surface area contributed by atoms with E-state index >= 15 is 0 Å². The van der Waals surface area contributed by atoms with Crippen LogP contribution >= 0.6 is 10.7 Å². The van der Waals surface area contributed by atoms with Crippen molar-refractivity contribution in [3.63, 3.8) is 0 Å². The quantitative estimate of drug-likeness (QED) is 0.139. The molecule has 1 aromatic rings. The summed E-state index contributed by atoms with van der Waals surface area (Å²) in [5.74, 6) is 2.61. The molecule has 0 aliphatic carbocycles. The van der Waals surface area contributed by atoms with Gasteiger partial charge in [0.1, 0.15) is 0 Å². The van der Waals surface area contributed by atoms with Crippen LogP contribution in [0.5, 0.6) is 5.88 Å². The zero-order valence-electron chi connectivity index (χ0n) is 14.6. The van der Waals surface area contributed by atoms with Gasteiger partial charge in [-0.25, -0.2) is 9.71 Å². The Morgan fingerprint density at radius 2 is 2.07 bits per heavy atom. The number of hydrogen-bond donors (Lipinski definition) is 4. The lowest BCUT2D eigenvalue weighted by Crippen LogP contribution is -2.26. The standard InChI is InChI=1S/C13H20N4O8S2/c1-8-10(9(2)18)12(19)16(13(20)11(8)15-14)5-7-26(3)17(21)4-6-25-27(22,23)24/h14,19,21H,3-7H2,1-2H3,(H,22,23,24). The van der Waals surface area contributed by atoms with Crippen molar-refractivity contribution in [3.05, 3.63) is 21.5 Å². The molecule has 0 amide bonds. The summed E-state index contributed by atoms with van der Waals surface area (Å²) >= 11 is 0. The lowest BCUT2D eigenvalue weighted by molar-refractivity contribution is 0.00567. The first-order chi connectivity index (χ1) is 12.4. The molecule has 0 fully saturated rings. The number of carbonyl (C=O) groups excluding carboxylic acids is 1. The lowest BCUT2D eigenvalue weighted by atomic mass is 10.1. The van der Waals surface area contributed by atoms with E-state index in [-0.39, 0.29) is 35.7 Å². The highest BCUT2D eigenvalue weighted by molar-refractivity contribution is 8.11. The lowest BCUT2D eigenvalue weighted by Gasteiger charge is -2.20. The van der Waals surface area contributed by atoms with Crippen LogP contribution in [0.25, 0.3) is 0 Å². The van der Waals surface area contributed by atoms with Gasteiger partial charge in [-0.2, -0.15) is 13.5 Å². The molecule has 0 aromatic carbocycles. The summed E-state index contributed by atoms with van der Waals surface area (Å²) in [6, 6.07) is 0. The van der Waals surface area contributed by atoms with Gasteiger partial charge in [0.2, 0.25) is 5.88 Å². The van der Waals surface area contributed by atoms with Crippen molar-refractivity contribution in [1.29, 1.82) is 5.53 Å². The van der Waals surface area contributed by atoms with Crippen LogP contribution in [-0.4, -0.2) is 62.9 Å². The van der Waals surface area contributed by atoms with E-state index in [9.17, 15) is 28.3 Å². The number of hydrogen-bond acceptors (Lipinski definition) is 10. The van der Waals surface area contributed by atoms with Crippen molar-refractivity contribution in [2.45, 2.75) is 20.4 Å². The first kappa shape index (κ1) is 23.1. The Morgan fingerprint density at radius 1 is 1.48 bits per heavy atom. The summed E-state index contributed by atoms with van der Waals surface area (Å²) in [7, 11) is -5.77. The van der Waals surface area contributed by atoms with E-state index in [0.717, 1.165) is 4.57 Å². The highest BCUT2D eigenvalue weighted by atomic mass is 32.3. The van der Waals surface area contributed by atoms with Crippen LogP contribution in [-0.2, 0) is 21.1 Å². The normalized spacial score (nSPS) is 12.9. The number of aromatic nitrogens is 1. The number of carbonyl (C=O) groups is 1. The Labute approximate surface area is 157 Å². The predicted molar refractivity (Wildman–Crippen MR) is 97.5 cm³/mol. The van der Waals surface area contributed by atoms with Gasteiger partial charge in [0.05, 0.1) is 18.7 Å². The molecule has 14 heteroatoms. The Balaban J connectivity index is 2.98. The van der Waals surface area contributed by atoms with E-state index in [4.69, 9.17) is 10.1 Å². The molecule has 1 heterocycles.